The van der Waals surface area contributed by atoms with Crippen LogP contribution in [0.4, 0.5) is 11.6 Å². The van der Waals surface area contributed by atoms with Crippen LogP contribution in [0.2, 0.25) is 0 Å². The molecule has 3 heterocycles. The molecule has 19 heavy (non-hydrogen) atoms. The van der Waals surface area contributed by atoms with E-state index < -0.39 is 0 Å². The van der Waals surface area contributed by atoms with Crippen LogP contribution in [0.1, 0.15) is 12.8 Å². The number of rotatable bonds is 3. The molecule has 6 heteroatoms. The minimum Gasteiger partial charge on any atom is -0.381 e. The van der Waals surface area contributed by atoms with Gasteiger partial charge < -0.3 is 9.64 Å². The van der Waals surface area contributed by atoms with E-state index in [9.17, 15) is 0 Å². The van der Waals surface area contributed by atoms with E-state index in [1.807, 2.05) is 17.3 Å². The van der Waals surface area contributed by atoms with E-state index in [1.165, 1.54) is 0 Å². The molecule has 1 saturated heterocycles. The lowest BCUT2D eigenvalue weighted by Crippen LogP contribution is -2.37. The second kappa shape index (κ2) is 5.54. The maximum atomic E-state index is 5.40. The zero-order valence-electron chi connectivity index (χ0n) is 11.1. The summed E-state index contributed by atoms with van der Waals surface area (Å²) >= 11 is 0. The van der Waals surface area contributed by atoms with E-state index in [-0.39, 0.29) is 0 Å². The number of ether oxygens (including phenoxy) is 1. The van der Waals surface area contributed by atoms with Gasteiger partial charge in [0.25, 0.3) is 0 Å². The fourth-order valence-electron chi connectivity index (χ4n) is 2.44. The van der Waals surface area contributed by atoms with Crippen molar-refractivity contribution in [2.45, 2.75) is 18.9 Å². The number of nitrogens with one attached hydrogen (secondary N) is 1. The average Bonchev–Trinajstić information content (AvgIpc) is 3.02. The first-order chi connectivity index (χ1) is 9.34. The predicted molar refractivity (Wildman–Crippen MR) is 73.9 cm³/mol. The quantitative estimate of drug-likeness (QED) is 0.873. The van der Waals surface area contributed by atoms with E-state index in [0.29, 0.717) is 6.04 Å². The highest BCUT2D eigenvalue weighted by Gasteiger charge is 2.20. The van der Waals surface area contributed by atoms with Crippen molar-refractivity contribution in [3.8, 4) is 0 Å². The highest BCUT2D eigenvalue weighted by Crippen LogP contribution is 2.22. The smallest absolute Gasteiger partial charge is 0.152 e. The fraction of sp³-hybridized carbons (Fsp3) is 0.538. The number of anilines is 2. The monoisotopic (exact) mass is 261 g/mol. The second-order valence-electron chi connectivity index (χ2n) is 4.81. The summed E-state index contributed by atoms with van der Waals surface area (Å²) < 4.78 is 5.40. The Kier molecular flexibility index (Phi) is 3.61. The van der Waals surface area contributed by atoms with Crippen LogP contribution >= 0.6 is 0 Å². The maximum Gasteiger partial charge on any atom is 0.152 e. The summed E-state index contributed by atoms with van der Waals surface area (Å²) in [5.74, 6) is 1.83. The third-order valence-electron chi connectivity index (χ3n) is 3.62. The highest BCUT2D eigenvalue weighted by molar-refractivity contribution is 5.51. The molecule has 102 valence electrons. The van der Waals surface area contributed by atoms with Gasteiger partial charge in [0.15, 0.2) is 5.82 Å². The molecule has 3 rings (SSSR count). The minimum absolute atomic E-state index is 0.499. The van der Waals surface area contributed by atoms with E-state index >= 15 is 0 Å². The van der Waals surface area contributed by atoms with Crippen LogP contribution in [0, 0.1) is 0 Å². The highest BCUT2D eigenvalue weighted by atomic mass is 16.5. The molecular weight excluding hydrogens is 242 g/mol. The Morgan fingerprint density at radius 1 is 1.37 bits per heavy atom. The summed E-state index contributed by atoms with van der Waals surface area (Å²) in [7, 11) is 2.09. The van der Waals surface area contributed by atoms with Crippen molar-refractivity contribution in [1.82, 2.24) is 15.4 Å². The van der Waals surface area contributed by atoms with E-state index in [0.717, 1.165) is 44.2 Å². The Morgan fingerprint density at radius 3 is 2.95 bits per heavy atom. The van der Waals surface area contributed by atoms with Crippen molar-refractivity contribution < 1.29 is 4.74 Å². The van der Waals surface area contributed by atoms with E-state index in [2.05, 4.69) is 33.4 Å². The second-order valence-corrected chi connectivity index (χ2v) is 4.81. The minimum atomic E-state index is 0.499. The lowest BCUT2D eigenvalue weighted by Gasteiger charge is -2.32. The van der Waals surface area contributed by atoms with Crippen molar-refractivity contribution in [3.63, 3.8) is 0 Å². The standard InChI is InChI=1S/C13H19N5O/c1-17(11-3-7-19-8-4-11)12-9-13(15-10-14-12)18-6-2-5-16-18/h2,6,9-11,16H,3-5,7-8H2,1H3. The third kappa shape index (κ3) is 2.69. The van der Waals surface area contributed by atoms with Gasteiger partial charge in [-0.2, -0.15) is 0 Å². The normalized spacial score (nSPS) is 19.9. The molecular formula is C13H19N5O. The van der Waals surface area contributed by atoms with Gasteiger partial charge in [-0.05, 0) is 12.8 Å². The lowest BCUT2D eigenvalue weighted by molar-refractivity contribution is 0.0853. The molecule has 2 aliphatic rings. The lowest BCUT2D eigenvalue weighted by atomic mass is 10.1. The summed E-state index contributed by atoms with van der Waals surface area (Å²) in [5.41, 5.74) is 3.21. The predicted octanol–water partition coefficient (Wildman–Crippen LogP) is 0.930. The van der Waals surface area contributed by atoms with E-state index in [4.69, 9.17) is 4.74 Å². The molecule has 0 aromatic carbocycles. The van der Waals surface area contributed by atoms with Gasteiger partial charge in [0.05, 0.1) is 0 Å². The Balaban J connectivity index is 1.76. The first-order valence-corrected chi connectivity index (χ1v) is 6.66. The summed E-state index contributed by atoms with van der Waals surface area (Å²) in [5, 5.41) is 1.92. The summed E-state index contributed by atoms with van der Waals surface area (Å²) in [4.78, 5) is 10.9. The van der Waals surface area contributed by atoms with Crippen molar-refractivity contribution in [2.75, 3.05) is 36.7 Å². The van der Waals surface area contributed by atoms with Gasteiger partial charge in [-0.1, -0.05) is 6.08 Å². The van der Waals surface area contributed by atoms with Gasteiger partial charge in [-0.25, -0.2) is 15.4 Å². The molecule has 6 nitrogen and oxygen atoms in total. The summed E-state index contributed by atoms with van der Waals surface area (Å²) in [6.45, 7) is 2.52. The number of hydrogen-bond acceptors (Lipinski definition) is 6. The van der Waals surface area contributed by atoms with Gasteiger partial charge in [0.2, 0.25) is 0 Å². The van der Waals surface area contributed by atoms with Gasteiger partial charge in [-0.3, -0.25) is 5.01 Å². The molecule has 1 N–H and O–H groups in total. The first kappa shape index (κ1) is 12.4. The zero-order valence-corrected chi connectivity index (χ0v) is 11.1. The third-order valence-corrected chi connectivity index (χ3v) is 3.62. The van der Waals surface area contributed by atoms with E-state index in [1.54, 1.807) is 6.33 Å². The zero-order chi connectivity index (χ0) is 13.1. The number of hydrogen-bond donors (Lipinski definition) is 1. The average molecular weight is 261 g/mol. The van der Waals surface area contributed by atoms with Crippen molar-refractivity contribution in [3.05, 3.63) is 24.7 Å². The molecule has 2 aliphatic heterocycles. The van der Waals surface area contributed by atoms with Crippen molar-refractivity contribution in [2.24, 2.45) is 0 Å². The molecule has 0 radical (unpaired) electrons. The van der Waals surface area contributed by atoms with Crippen LogP contribution in [0.3, 0.4) is 0 Å². The van der Waals surface area contributed by atoms with Gasteiger partial charge in [0.1, 0.15) is 12.1 Å². The molecule has 0 atom stereocenters. The summed E-state index contributed by atoms with van der Waals surface area (Å²) in [6.07, 6.45) is 7.77. The van der Waals surface area contributed by atoms with Gasteiger partial charge in [0, 0.05) is 45.1 Å². The molecule has 1 aromatic rings. The Hall–Kier alpha value is -1.66. The molecule has 0 amide bonds. The van der Waals surface area contributed by atoms with Crippen molar-refractivity contribution in [1.29, 1.82) is 0 Å². The molecule has 0 saturated carbocycles. The summed E-state index contributed by atoms with van der Waals surface area (Å²) in [6, 6.07) is 2.51. The molecule has 0 unspecified atom stereocenters. The van der Waals surface area contributed by atoms with Gasteiger partial charge in [-0.15, -0.1) is 0 Å². The van der Waals surface area contributed by atoms with Crippen molar-refractivity contribution >= 4 is 11.6 Å². The topological polar surface area (TPSA) is 53.5 Å². The SMILES string of the molecule is CN(c1cc(N2C=CCN2)ncn1)C1CCOCC1. The Morgan fingerprint density at radius 2 is 2.21 bits per heavy atom. The van der Waals surface area contributed by atoms with Crippen LogP contribution in [-0.4, -0.2) is 42.8 Å². The van der Waals surface area contributed by atoms with Crippen LogP contribution < -0.4 is 15.3 Å². The van der Waals surface area contributed by atoms with Crippen LogP contribution in [0.5, 0.6) is 0 Å². The van der Waals surface area contributed by atoms with Crippen LogP contribution in [0.15, 0.2) is 24.7 Å². The van der Waals surface area contributed by atoms with Crippen LogP contribution in [0.25, 0.3) is 0 Å². The molecule has 0 aliphatic carbocycles. The number of nitrogens with zero attached hydrogens (tertiary/aromatic N) is 4. The Bertz CT molecular complexity index is 458. The van der Waals surface area contributed by atoms with Gasteiger partial charge >= 0.3 is 0 Å². The molecule has 1 fully saturated rings. The number of hydrazine groups is 1. The molecule has 1 aromatic heterocycles. The first-order valence-electron chi connectivity index (χ1n) is 6.66. The molecule has 0 spiro atoms. The fourth-order valence-corrected chi connectivity index (χ4v) is 2.44. The molecule has 0 bridgehead atoms. The maximum absolute atomic E-state index is 5.40. The largest absolute Gasteiger partial charge is 0.381 e. The van der Waals surface area contributed by atoms with Crippen LogP contribution in [-0.2, 0) is 4.74 Å². The number of aromatic nitrogens is 2. The Labute approximate surface area is 113 Å².